The number of carbonyl (C=O) groups excluding carboxylic acids is 2. The molecule has 2 aromatic rings. The summed E-state index contributed by atoms with van der Waals surface area (Å²) in [6.45, 7) is 2.00. The summed E-state index contributed by atoms with van der Waals surface area (Å²) in [5.41, 5.74) is 0. The first kappa shape index (κ1) is 15.5. The maximum absolute atomic E-state index is 11.8. The number of carbonyl (C=O) groups is 2. The molecule has 1 amide bonds. The first-order valence-corrected chi connectivity index (χ1v) is 8.13. The lowest BCUT2D eigenvalue weighted by Gasteiger charge is -2.11. The Labute approximate surface area is 131 Å². The molecule has 0 aliphatic rings. The van der Waals surface area contributed by atoms with E-state index in [1.54, 1.807) is 24.3 Å². The normalized spacial score (nSPS) is 12.2. The molecule has 1 N–H and O–H groups in total. The third-order valence-electron chi connectivity index (χ3n) is 2.61. The van der Waals surface area contributed by atoms with Crippen molar-refractivity contribution >= 4 is 40.6 Å². The van der Waals surface area contributed by atoms with Crippen LogP contribution in [-0.4, -0.2) is 18.0 Å². The van der Waals surface area contributed by atoms with Crippen molar-refractivity contribution in [3.05, 3.63) is 50.9 Å². The van der Waals surface area contributed by atoms with Gasteiger partial charge in [0.2, 0.25) is 0 Å². The van der Waals surface area contributed by atoms with Crippen LogP contribution in [0.3, 0.4) is 0 Å². The van der Waals surface area contributed by atoms with Crippen LogP contribution in [0, 0.1) is 0 Å². The van der Waals surface area contributed by atoms with Gasteiger partial charge in [0.1, 0.15) is 0 Å². The highest BCUT2D eigenvalue weighted by Crippen LogP contribution is 2.10. The third kappa shape index (κ3) is 5.17. The SMILES string of the molecule is C[C@@H](OC(=O)/C=C/c1cccs1)C(=O)NCc1cccs1. The Morgan fingerprint density at radius 3 is 2.71 bits per heavy atom. The van der Waals surface area contributed by atoms with E-state index in [4.69, 9.17) is 4.74 Å². The van der Waals surface area contributed by atoms with E-state index in [9.17, 15) is 9.59 Å². The number of rotatable bonds is 6. The largest absolute Gasteiger partial charge is 0.449 e. The Kier molecular flexibility index (Phi) is 5.71. The summed E-state index contributed by atoms with van der Waals surface area (Å²) < 4.78 is 5.05. The molecule has 2 rings (SSSR count). The van der Waals surface area contributed by atoms with Crippen molar-refractivity contribution < 1.29 is 14.3 Å². The average molecular weight is 321 g/mol. The van der Waals surface area contributed by atoms with Crippen LogP contribution in [0.5, 0.6) is 0 Å². The lowest BCUT2D eigenvalue weighted by atomic mass is 10.3. The van der Waals surface area contributed by atoms with Gasteiger partial charge in [0.25, 0.3) is 5.91 Å². The van der Waals surface area contributed by atoms with Crippen LogP contribution in [0.2, 0.25) is 0 Å². The number of amides is 1. The van der Waals surface area contributed by atoms with Crippen LogP contribution in [-0.2, 0) is 20.9 Å². The first-order chi connectivity index (χ1) is 10.1. The second-order valence-corrected chi connectivity index (χ2v) is 6.24. The number of ether oxygens (including phenoxy) is 1. The van der Waals surface area contributed by atoms with Crippen molar-refractivity contribution in [1.29, 1.82) is 0 Å². The first-order valence-electron chi connectivity index (χ1n) is 6.37. The van der Waals surface area contributed by atoms with E-state index in [0.29, 0.717) is 6.54 Å². The van der Waals surface area contributed by atoms with E-state index in [-0.39, 0.29) is 5.91 Å². The Balaban J connectivity index is 1.76. The van der Waals surface area contributed by atoms with E-state index in [1.165, 1.54) is 17.4 Å². The molecule has 110 valence electrons. The van der Waals surface area contributed by atoms with Gasteiger partial charge in [0, 0.05) is 15.8 Å². The van der Waals surface area contributed by atoms with Gasteiger partial charge in [0.15, 0.2) is 6.10 Å². The van der Waals surface area contributed by atoms with Crippen LogP contribution in [0.1, 0.15) is 16.7 Å². The van der Waals surface area contributed by atoms with Gasteiger partial charge in [-0.1, -0.05) is 12.1 Å². The molecule has 0 aliphatic heterocycles. The maximum Gasteiger partial charge on any atom is 0.331 e. The fraction of sp³-hybridized carbons (Fsp3) is 0.200. The highest BCUT2D eigenvalue weighted by molar-refractivity contribution is 7.10. The van der Waals surface area contributed by atoms with E-state index in [0.717, 1.165) is 9.75 Å². The van der Waals surface area contributed by atoms with E-state index in [2.05, 4.69) is 5.32 Å². The zero-order chi connectivity index (χ0) is 15.1. The molecule has 1 atom stereocenters. The minimum absolute atomic E-state index is 0.304. The predicted octanol–water partition coefficient (Wildman–Crippen LogP) is 3.07. The summed E-state index contributed by atoms with van der Waals surface area (Å²) in [7, 11) is 0. The number of nitrogens with one attached hydrogen (secondary N) is 1. The molecule has 0 fully saturated rings. The molecule has 0 saturated carbocycles. The molecule has 2 heterocycles. The average Bonchev–Trinajstić information content (AvgIpc) is 3.15. The molecule has 6 heteroatoms. The molecule has 0 bridgehead atoms. The Morgan fingerprint density at radius 2 is 2.05 bits per heavy atom. The molecular formula is C15H15NO3S2. The zero-order valence-corrected chi connectivity index (χ0v) is 13.1. The molecule has 0 unspecified atom stereocenters. The second kappa shape index (κ2) is 7.75. The van der Waals surface area contributed by atoms with Gasteiger partial charge in [-0.2, -0.15) is 0 Å². The zero-order valence-electron chi connectivity index (χ0n) is 11.4. The molecule has 0 saturated heterocycles. The number of hydrogen-bond donors (Lipinski definition) is 1. The van der Waals surface area contributed by atoms with Gasteiger partial charge < -0.3 is 10.1 Å². The van der Waals surface area contributed by atoms with Crippen molar-refractivity contribution in [1.82, 2.24) is 5.32 Å². The Bertz CT molecular complexity index is 603. The topological polar surface area (TPSA) is 55.4 Å². The Hall–Kier alpha value is -1.92. The summed E-state index contributed by atoms with van der Waals surface area (Å²) >= 11 is 3.09. The van der Waals surface area contributed by atoms with Gasteiger partial charge in [-0.25, -0.2) is 4.79 Å². The third-order valence-corrected chi connectivity index (χ3v) is 4.32. The molecule has 4 nitrogen and oxygen atoms in total. The summed E-state index contributed by atoms with van der Waals surface area (Å²) in [4.78, 5) is 25.4. The summed E-state index contributed by atoms with van der Waals surface area (Å²) in [5.74, 6) is -0.830. The Morgan fingerprint density at radius 1 is 1.29 bits per heavy atom. The molecule has 0 aliphatic carbocycles. The minimum atomic E-state index is -0.814. The van der Waals surface area contributed by atoms with Crippen molar-refractivity contribution in [3.8, 4) is 0 Å². The van der Waals surface area contributed by atoms with Crippen LogP contribution in [0.15, 0.2) is 41.1 Å². The summed E-state index contributed by atoms with van der Waals surface area (Å²) in [6.07, 6.45) is 2.18. The second-order valence-electron chi connectivity index (χ2n) is 4.23. The van der Waals surface area contributed by atoms with Crippen LogP contribution < -0.4 is 5.32 Å². The standard InChI is InChI=1S/C15H15NO3S2/c1-11(15(18)16-10-13-5-3-9-21-13)19-14(17)7-6-12-4-2-8-20-12/h2-9,11H,10H2,1H3,(H,16,18)/b7-6+/t11-/m1/s1. The number of esters is 1. The number of hydrogen-bond acceptors (Lipinski definition) is 5. The molecule has 0 radical (unpaired) electrons. The van der Waals surface area contributed by atoms with E-state index < -0.39 is 12.1 Å². The molecule has 21 heavy (non-hydrogen) atoms. The molecule has 0 aromatic carbocycles. The molecule has 2 aromatic heterocycles. The predicted molar refractivity (Wildman–Crippen MR) is 85.1 cm³/mol. The number of thiophene rings is 2. The lowest BCUT2D eigenvalue weighted by molar-refractivity contribution is -0.150. The molecular weight excluding hydrogens is 306 g/mol. The minimum Gasteiger partial charge on any atom is -0.449 e. The van der Waals surface area contributed by atoms with Crippen LogP contribution >= 0.6 is 22.7 Å². The van der Waals surface area contributed by atoms with Gasteiger partial charge in [-0.15, -0.1) is 22.7 Å². The summed E-state index contributed by atoms with van der Waals surface area (Å²) in [6, 6.07) is 7.65. The quantitative estimate of drug-likeness (QED) is 0.657. The van der Waals surface area contributed by atoms with Crippen molar-refractivity contribution in [2.75, 3.05) is 0 Å². The van der Waals surface area contributed by atoms with Crippen LogP contribution in [0.4, 0.5) is 0 Å². The van der Waals surface area contributed by atoms with E-state index in [1.807, 2.05) is 35.0 Å². The fourth-order valence-corrected chi connectivity index (χ4v) is 2.80. The van der Waals surface area contributed by atoms with Crippen LogP contribution in [0.25, 0.3) is 6.08 Å². The summed E-state index contributed by atoms with van der Waals surface area (Å²) in [5, 5.41) is 6.60. The monoisotopic (exact) mass is 321 g/mol. The highest BCUT2D eigenvalue weighted by Gasteiger charge is 2.16. The maximum atomic E-state index is 11.8. The lowest BCUT2D eigenvalue weighted by Crippen LogP contribution is -2.34. The highest BCUT2D eigenvalue weighted by atomic mass is 32.1. The van der Waals surface area contributed by atoms with E-state index >= 15 is 0 Å². The van der Waals surface area contributed by atoms with Gasteiger partial charge in [0.05, 0.1) is 6.54 Å². The van der Waals surface area contributed by atoms with Crippen molar-refractivity contribution in [2.45, 2.75) is 19.6 Å². The fourth-order valence-electron chi connectivity index (χ4n) is 1.53. The van der Waals surface area contributed by atoms with Crippen molar-refractivity contribution in [2.24, 2.45) is 0 Å². The van der Waals surface area contributed by atoms with Gasteiger partial charge >= 0.3 is 5.97 Å². The van der Waals surface area contributed by atoms with Gasteiger partial charge in [-0.3, -0.25) is 4.79 Å². The van der Waals surface area contributed by atoms with Gasteiger partial charge in [-0.05, 0) is 35.9 Å². The smallest absolute Gasteiger partial charge is 0.331 e. The molecule has 0 spiro atoms. The van der Waals surface area contributed by atoms with Crippen molar-refractivity contribution in [3.63, 3.8) is 0 Å².